The highest BCUT2D eigenvalue weighted by Gasteiger charge is 2.64. The second-order valence-electron chi connectivity index (χ2n) is 8.09. The molecule has 5 atom stereocenters. The van der Waals surface area contributed by atoms with Crippen LogP contribution >= 0.6 is 0 Å². The molecule has 2 heterocycles. The second kappa shape index (κ2) is 5.62. The summed E-state index contributed by atoms with van der Waals surface area (Å²) < 4.78 is 6.16. The fraction of sp³-hybridized carbons (Fsp3) is 0.474. The topological polar surface area (TPSA) is 156 Å². The number of likely N-dealkylation sites (tertiary alicyclic amines) is 1. The summed E-state index contributed by atoms with van der Waals surface area (Å²) in [6, 6.07) is 1.78. The number of aliphatic hydroxyl groups is 1. The zero-order chi connectivity index (χ0) is 19.8. The van der Waals surface area contributed by atoms with Crippen molar-refractivity contribution in [3.63, 3.8) is 0 Å². The van der Waals surface area contributed by atoms with Crippen molar-refractivity contribution in [3.8, 4) is 11.5 Å². The van der Waals surface area contributed by atoms with Gasteiger partial charge in [-0.2, -0.15) is 4.99 Å². The van der Waals surface area contributed by atoms with E-state index in [1.807, 2.05) is 6.08 Å². The third-order valence-electron chi connectivity index (χ3n) is 6.73. The molecule has 1 spiro atoms. The Labute approximate surface area is 162 Å². The zero-order valence-corrected chi connectivity index (χ0v) is 15.5. The van der Waals surface area contributed by atoms with Crippen LogP contribution in [0.3, 0.4) is 0 Å². The van der Waals surface area contributed by atoms with E-state index in [1.54, 1.807) is 0 Å². The molecule has 148 valence electrons. The van der Waals surface area contributed by atoms with Gasteiger partial charge in [0.05, 0.1) is 5.69 Å². The van der Waals surface area contributed by atoms with Gasteiger partial charge in [-0.3, -0.25) is 0 Å². The Morgan fingerprint density at radius 1 is 1.32 bits per heavy atom. The Balaban J connectivity index is 1.77. The lowest BCUT2D eigenvalue weighted by Crippen LogP contribution is -2.64. The molecule has 0 aromatic heterocycles. The summed E-state index contributed by atoms with van der Waals surface area (Å²) in [5, 5.41) is 21.3. The molecule has 4 aliphatic rings. The van der Waals surface area contributed by atoms with Gasteiger partial charge in [-0.1, -0.05) is 12.2 Å². The molecular formula is C19H24N6O3. The van der Waals surface area contributed by atoms with Crippen molar-refractivity contribution in [3.05, 3.63) is 29.3 Å². The summed E-state index contributed by atoms with van der Waals surface area (Å²) in [7, 11) is 2.12. The van der Waals surface area contributed by atoms with Crippen molar-refractivity contribution in [2.75, 3.05) is 13.6 Å². The van der Waals surface area contributed by atoms with Crippen molar-refractivity contribution < 1.29 is 14.9 Å². The lowest BCUT2D eigenvalue weighted by atomic mass is 9.53. The van der Waals surface area contributed by atoms with Crippen LogP contribution in [-0.2, 0) is 11.8 Å². The molecule has 2 bridgehead atoms. The molecule has 0 saturated carbocycles. The summed E-state index contributed by atoms with van der Waals surface area (Å²) in [6.45, 7) is 0.894. The predicted molar refractivity (Wildman–Crippen MR) is 105 cm³/mol. The van der Waals surface area contributed by atoms with Gasteiger partial charge in [-0.15, -0.1) is 0 Å². The molecule has 1 aromatic carbocycles. The van der Waals surface area contributed by atoms with Gasteiger partial charge in [0.15, 0.2) is 17.5 Å². The van der Waals surface area contributed by atoms with E-state index in [4.69, 9.17) is 21.9 Å². The van der Waals surface area contributed by atoms with Crippen LogP contribution in [-0.4, -0.2) is 58.9 Å². The van der Waals surface area contributed by atoms with E-state index in [2.05, 4.69) is 28.0 Å². The first-order valence-electron chi connectivity index (χ1n) is 9.39. The van der Waals surface area contributed by atoms with Crippen LogP contribution in [0.2, 0.25) is 0 Å². The van der Waals surface area contributed by atoms with Crippen molar-refractivity contribution in [1.29, 1.82) is 0 Å². The number of guanidine groups is 2. The van der Waals surface area contributed by atoms with Gasteiger partial charge in [0, 0.05) is 29.0 Å². The zero-order valence-electron chi connectivity index (χ0n) is 15.5. The highest BCUT2D eigenvalue weighted by atomic mass is 16.5. The molecule has 2 aliphatic carbocycles. The first kappa shape index (κ1) is 17.3. The van der Waals surface area contributed by atoms with E-state index in [0.29, 0.717) is 11.4 Å². The molecule has 0 unspecified atom stereocenters. The molecule has 0 amide bonds. The number of aromatic hydroxyl groups is 1. The third-order valence-corrected chi connectivity index (χ3v) is 6.73. The van der Waals surface area contributed by atoms with E-state index in [9.17, 15) is 10.2 Å². The van der Waals surface area contributed by atoms with Gasteiger partial charge in [-0.25, -0.2) is 4.99 Å². The van der Waals surface area contributed by atoms with Gasteiger partial charge in [0.2, 0.25) is 5.96 Å². The molecule has 1 saturated heterocycles. The van der Waals surface area contributed by atoms with Gasteiger partial charge < -0.3 is 37.1 Å². The maximum Gasteiger partial charge on any atom is 0.223 e. The molecule has 8 N–H and O–H groups in total. The minimum absolute atomic E-state index is 0.0119. The Morgan fingerprint density at radius 2 is 2.11 bits per heavy atom. The van der Waals surface area contributed by atoms with Crippen molar-refractivity contribution in [2.24, 2.45) is 33.1 Å². The molecule has 5 rings (SSSR count). The summed E-state index contributed by atoms with van der Waals surface area (Å²) in [5.41, 5.74) is 18.7. The fourth-order valence-electron chi connectivity index (χ4n) is 5.68. The van der Waals surface area contributed by atoms with Crippen LogP contribution in [0.4, 0.5) is 5.69 Å². The van der Waals surface area contributed by atoms with E-state index in [1.165, 1.54) is 6.07 Å². The number of ether oxygens (including phenoxy) is 1. The minimum atomic E-state index is -0.725. The van der Waals surface area contributed by atoms with Crippen molar-refractivity contribution in [1.82, 2.24) is 4.90 Å². The average molecular weight is 384 g/mol. The van der Waals surface area contributed by atoms with Crippen LogP contribution in [0, 0.1) is 5.92 Å². The molecule has 9 nitrogen and oxygen atoms in total. The number of rotatable bonds is 1. The van der Waals surface area contributed by atoms with Crippen LogP contribution < -0.4 is 21.9 Å². The standard InChI is InChI=1S/C19H24N6O3/c1-25-5-4-19-9-2-3-12(26)16(19)28-15-13(27)7-10(23-18(22)24-17(20)21)8(14(15)19)6-11(9)25/h2-3,7,9,11-12,16,26-27H,4-6H2,1H3,(H6,20,21,22,23,24)/t9-,11+,12-,16-,19-/m0/s1. The molecule has 1 fully saturated rings. The number of aliphatic imine (C=N–C) groups is 2. The van der Waals surface area contributed by atoms with Crippen LogP contribution in [0.25, 0.3) is 0 Å². The first-order chi connectivity index (χ1) is 13.3. The quantitative estimate of drug-likeness (QED) is 0.246. The van der Waals surface area contributed by atoms with E-state index >= 15 is 0 Å². The van der Waals surface area contributed by atoms with Crippen molar-refractivity contribution in [2.45, 2.75) is 36.5 Å². The van der Waals surface area contributed by atoms with Crippen LogP contribution in [0.1, 0.15) is 17.5 Å². The summed E-state index contributed by atoms with van der Waals surface area (Å²) >= 11 is 0. The summed E-state index contributed by atoms with van der Waals surface area (Å²) in [5.74, 6) is 0.381. The third kappa shape index (κ3) is 2.08. The number of nitrogens with two attached hydrogens (primary N) is 3. The molecule has 28 heavy (non-hydrogen) atoms. The highest BCUT2D eigenvalue weighted by Crippen LogP contribution is 2.63. The number of phenolic OH excluding ortho intramolecular Hbond substituents is 1. The lowest BCUT2D eigenvalue weighted by Gasteiger charge is -2.56. The first-order valence-corrected chi connectivity index (χ1v) is 9.39. The largest absolute Gasteiger partial charge is 0.504 e. The summed E-state index contributed by atoms with van der Waals surface area (Å²) in [4.78, 5) is 10.5. The predicted octanol–water partition coefficient (Wildman–Crippen LogP) is -0.582. The average Bonchev–Trinajstić information content (AvgIpc) is 2.97. The van der Waals surface area contributed by atoms with E-state index in [0.717, 1.165) is 30.5 Å². The number of aliphatic hydroxyl groups excluding tert-OH is 1. The number of piperidine rings is 1. The SMILES string of the molecule is CN1CC[C@]23c4c5c(N=C(N)N=C(N)N)cc(O)c4O[C@H]2[C@@H](O)C=C[C@H]3[C@H]1C5. The van der Waals surface area contributed by atoms with Gasteiger partial charge in [0.25, 0.3) is 0 Å². The Hall–Kier alpha value is -2.78. The minimum Gasteiger partial charge on any atom is -0.504 e. The van der Waals surface area contributed by atoms with Crippen molar-refractivity contribution >= 4 is 17.6 Å². The summed E-state index contributed by atoms with van der Waals surface area (Å²) in [6.07, 6.45) is 4.35. The Bertz CT molecular complexity index is 953. The monoisotopic (exact) mass is 384 g/mol. The smallest absolute Gasteiger partial charge is 0.223 e. The molecule has 0 radical (unpaired) electrons. The number of nitrogens with zero attached hydrogens (tertiary/aromatic N) is 3. The number of likely N-dealkylation sites (N-methyl/N-ethyl adjacent to an activating group) is 1. The number of hydrogen-bond donors (Lipinski definition) is 5. The molecular weight excluding hydrogens is 360 g/mol. The van der Waals surface area contributed by atoms with Gasteiger partial charge in [0.1, 0.15) is 12.2 Å². The Kier molecular flexibility index (Phi) is 3.48. The van der Waals surface area contributed by atoms with E-state index in [-0.39, 0.29) is 35.0 Å². The number of phenols is 1. The number of benzene rings is 1. The fourth-order valence-corrected chi connectivity index (χ4v) is 5.68. The molecule has 9 heteroatoms. The molecule has 1 aromatic rings. The van der Waals surface area contributed by atoms with Gasteiger partial charge >= 0.3 is 0 Å². The lowest BCUT2D eigenvalue weighted by molar-refractivity contribution is -0.0452. The maximum atomic E-state index is 10.7. The maximum absolute atomic E-state index is 10.7. The molecule has 2 aliphatic heterocycles. The Morgan fingerprint density at radius 3 is 2.86 bits per heavy atom. The van der Waals surface area contributed by atoms with Gasteiger partial charge in [-0.05, 0) is 32.0 Å². The van der Waals surface area contributed by atoms with Crippen LogP contribution in [0.5, 0.6) is 11.5 Å². The normalized spacial score (nSPS) is 35.3. The highest BCUT2D eigenvalue weighted by molar-refractivity contribution is 5.94. The second-order valence-corrected chi connectivity index (χ2v) is 8.09. The van der Waals surface area contributed by atoms with Crippen LogP contribution in [0.15, 0.2) is 28.2 Å². The number of hydrogen-bond acceptors (Lipinski definition) is 5. The van der Waals surface area contributed by atoms with E-state index < -0.39 is 12.2 Å².